The van der Waals surface area contributed by atoms with E-state index in [1.54, 1.807) is 25.1 Å². The third-order valence-electron chi connectivity index (χ3n) is 7.65. The maximum atomic E-state index is 13.5. The molecule has 1 N–H and O–H groups in total. The Kier molecular flexibility index (Phi) is 4.94. The molecule has 3 saturated heterocycles. The van der Waals surface area contributed by atoms with Crippen LogP contribution in [-0.4, -0.2) is 60.0 Å². The van der Waals surface area contributed by atoms with Crippen LogP contribution in [0, 0.1) is 6.92 Å². The standard InChI is InChI=1S/C25H27F3NO4/c1-14-6-4-7-15(10-14)24(31,16-8-5-9-17(11-16)25(26,27)28)23(30)32-18-12-19-21-22(33-21)20(13-18)29(19,2)3/h4-11,18-22,31H,12-13H2,1-3H3/q+1/t18?,19-,20?,21+,22?,24?/m0/s1. The molecule has 0 radical (unpaired) electrons. The second-order valence-electron chi connectivity index (χ2n) is 9.99. The Balaban J connectivity index is 1.49. The van der Waals surface area contributed by atoms with Crippen molar-refractivity contribution in [2.75, 3.05) is 14.1 Å². The van der Waals surface area contributed by atoms with Crippen LogP contribution in [0.5, 0.6) is 0 Å². The number of halogens is 3. The molecule has 2 aromatic rings. The van der Waals surface area contributed by atoms with Crippen molar-refractivity contribution < 1.29 is 37.0 Å². The van der Waals surface area contributed by atoms with Crippen molar-refractivity contribution in [3.05, 3.63) is 70.8 Å². The number of rotatable bonds is 4. The van der Waals surface area contributed by atoms with Gasteiger partial charge in [-0.25, -0.2) is 4.79 Å². The van der Waals surface area contributed by atoms with E-state index in [2.05, 4.69) is 14.1 Å². The summed E-state index contributed by atoms with van der Waals surface area (Å²) in [6, 6.07) is 11.2. The Labute approximate surface area is 190 Å². The van der Waals surface area contributed by atoms with Crippen molar-refractivity contribution >= 4 is 5.97 Å². The number of aliphatic hydroxyl groups is 1. The number of quaternary nitrogens is 1. The summed E-state index contributed by atoms with van der Waals surface area (Å²) in [5, 5.41) is 11.7. The van der Waals surface area contributed by atoms with E-state index in [1.807, 2.05) is 0 Å². The summed E-state index contributed by atoms with van der Waals surface area (Å²) in [4.78, 5) is 13.5. The number of hydrogen-bond donors (Lipinski definition) is 1. The molecule has 3 aliphatic heterocycles. The molecule has 2 aromatic carbocycles. The lowest BCUT2D eigenvalue weighted by Crippen LogP contribution is -2.60. The molecule has 3 aliphatic rings. The Hall–Kier alpha value is -2.42. The van der Waals surface area contributed by atoms with E-state index >= 15 is 0 Å². The molecule has 0 aromatic heterocycles. The number of esters is 1. The third-order valence-corrected chi connectivity index (χ3v) is 7.65. The van der Waals surface area contributed by atoms with Gasteiger partial charge in [-0.2, -0.15) is 13.2 Å². The van der Waals surface area contributed by atoms with Crippen molar-refractivity contribution in [2.24, 2.45) is 0 Å². The molecule has 0 amide bonds. The Morgan fingerprint density at radius 3 is 2.12 bits per heavy atom. The molecule has 5 nitrogen and oxygen atoms in total. The van der Waals surface area contributed by atoms with Crippen LogP contribution in [0.2, 0.25) is 0 Å². The van der Waals surface area contributed by atoms with Gasteiger partial charge in [-0.05, 0) is 24.6 Å². The number of likely N-dealkylation sites (N-methyl/N-ethyl adjacent to an activating group) is 1. The Morgan fingerprint density at radius 1 is 1.00 bits per heavy atom. The maximum Gasteiger partial charge on any atom is 0.416 e. The zero-order valence-corrected chi connectivity index (χ0v) is 18.7. The predicted octanol–water partition coefficient (Wildman–Crippen LogP) is 3.55. The molecule has 5 rings (SSSR count). The molecule has 0 saturated carbocycles. The van der Waals surface area contributed by atoms with E-state index in [0.717, 1.165) is 22.2 Å². The monoisotopic (exact) mass is 462 g/mol. The highest BCUT2D eigenvalue weighted by atomic mass is 19.4. The van der Waals surface area contributed by atoms with Crippen LogP contribution in [-0.2, 0) is 26.0 Å². The molecule has 3 fully saturated rings. The van der Waals surface area contributed by atoms with E-state index < -0.39 is 29.4 Å². The van der Waals surface area contributed by atoms with Gasteiger partial charge < -0.3 is 19.1 Å². The molecule has 6 atom stereocenters. The number of piperidine rings is 1. The summed E-state index contributed by atoms with van der Waals surface area (Å²) in [6.07, 6.45) is -3.55. The number of benzene rings is 2. The van der Waals surface area contributed by atoms with Crippen LogP contribution >= 0.6 is 0 Å². The van der Waals surface area contributed by atoms with Gasteiger partial charge in [0, 0.05) is 18.4 Å². The lowest BCUT2D eigenvalue weighted by atomic mass is 9.84. The molecule has 3 heterocycles. The van der Waals surface area contributed by atoms with Crippen molar-refractivity contribution in [2.45, 2.75) is 61.9 Å². The summed E-state index contributed by atoms with van der Waals surface area (Å²) in [5.74, 6) is -0.960. The predicted molar refractivity (Wildman–Crippen MR) is 113 cm³/mol. The zero-order valence-electron chi connectivity index (χ0n) is 18.7. The first-order valence-corrected chi connectivity index (χ1v) is 11.1. The molecule has 176 valence electrons. The van der Waals surface area contributed by atoms with Crippen LogP contribution in [0.1, 0.15) is 35.1 Å². The topological polar surface area (TPSA) is 59.1 Å². The number of ether oxygens (including phenoxy) is 2. The minimum absolute atomic E-state index is 0.160. The van der Waals surface area contributed by atoms with E-state index in [-0.39, 0.29) is 35.4 Å². The van der Waals surface area contributed by atoms with E-state index in [9.17, 15) is 23.1 Å². The van der Waals surface area contributed by atoms with Gasteiger partial charge in [0.05, 0.1) is 19.7 Å². The number of alkyl halides is 3. The van der Waals surface area contributed by atoms with E-state index in [4.69, 9.17) is 9.47 Å². The molecule has 8 heteroatoms. The second kappa shape index (κ2) is 7.29. The summed E-state index contributed by atoms with van der Waals surface area (Å²) >= 11 is 0. The van der Waals surface area contributed by atoms with Crippen LogP contribution in [0.3, 0.4) is 0 Å². The van der Waals surface area contributed by atoms with Gasteiger partial charge >= 0.3 is 12.1 Å². The van der Waals surface area contributed by atoms with Crippen LogP contribution in [0.4, 0.5) is 13.2 Å². The van der Waals surface area contributed by atoms with Gasteiger partial charge in [-0.1, -0.05) is 42.0 Å². The molecule has 0 spiro atoms. The Morgan fingerprint density at radius 2 is 1.55 bits per heavy atom. The number of nitrogens with zero attached hydrogens (tertiary/aromatic N) is 1. The van der Waals surface area contributed by atoms with Gasteiger partial charge in [-0.15, -0.1) is 0 Å². The fourth-order valence-corrected chi connectivity index (χ4v) is 5.73. The molecular formula is C25H27F3NO4+. The first-order valence-electron chi connectivity index (χ1n) is 11.1. The maximum absolute atomic E-state index is 13.5. The van der Waals surface area contributed by atoms with Gasteiger partial charge in [0.25, 0.3) is 0 Å². The second-order valence-corrected chi connectivity index (χ2v) is 9.99. The first-order chi connectivity index (χ1) is 15.4. The van der Waals surface area contributed by atoms with Gasteiger partial charge in [-0.3, -0.25) is 0 Å². The SMILES string of the molecule is Cc1cccc(C(O)(C(=O)OC2CC3C4O[C@@H]4[C@H](C2)[N+]3(C)C)c2cccc(C(F)(F)F)c2)c1. The summed E-state index contributed by atoms with van der Waals surface area (Å²) in [5.41, 5.74) is -2.54. The molecule has 33 heavy (non-hydrogen) atoms. The van der Waals surface area contributed by atoms with E-state index in [0.29, 0.717) is 12.8 Å². The lowest BCUT2D eigenvalue weighted by molar-refractivity contribution is -0.938. The largest absolute Gasteiger partial charge is 0.459 e. The highest BCUT2D eigenvalue weighted by molar-refractivity contribution is 5.85. The highest BCUT2D eigenvalue weighted by Crippen LogP contribution is 2.52. The number of carbonyl (C=O) groups excluding carboxylic acids is 1. The number of hydrogen-bond acceptors (Lipinski definition) is 4. The highest BCUT2D eigenvalue weighted by Gasteiger charge is 2.71. The Bertz CT molecular complexity index is 1080. The number of morpholine rings is 1. The van der Waals surface area contributed by atoms with Gasteiger partial charge in [0.15, 0.2) is 0 Å². The van der Waals surface area contributed by atoms with Crippen molar-refractivity contribution in [3.8, 4) is 0 Å². The number of fused-ring (bicyclic) bond motifs is 5. The summed E-state index contributed by atoms with van der Waals surface area (Å²) in [6.45, 7) is 1.78. The number of aryl methyl sites for hydroxylation is 1. The summed E-state index contributed by atoms with van der Waals surface area (Å²) < 4.78 is 52.6. The van der Waals surface area contributed by atoms with Gasteiger partial charge in [0.2, 0.25) is 5.60 Å². The van der Waals surface area contributed by atoms with Crippen LogP contribution < -0.4 is 0 Å². The van der Waals surface area contributed by atoms with Crippen molar-refractivity contribution in [1.82, 2.24) is 0 Å². The molecule has 4 unspecified atom stereocenters. The summed E-state index contributed by atoms with van der Waals surface area (Å²) in [7, 11) is 4.29. The van der Waals surface area contributed by atoms with Crippen molar-refractivity contribution in [1.29, 1.82) is 0 Å². The fraction of sp³-hybridized carbons (Fsp3) is 0.480. The van der Waals surface area contributed by atoms with Crippen LogP contribution in [0.15, 0.2) is 48.5 Å². The third kappa shape index (κ3) is 3.55. The lowest BCUT2D eigenvalue weighted by Gasteiger charge is -2.45. The fourth-order valence-electron chi connectivity index (χ4n) is 5.73. The minimum Gasteiger partial charge on any atom is -0.459 e. The average Bonchev–Trinajstić information content (AvgIpc) is 3.51. The quantitative estimate of drug-likeness (QED) is 0.429. The molecule has 0 aliphatic carbocycles. The number of epoxide rings is 1. The van der Waals surface area contributed by atoms with Gasteiger partial charge in [0.1, 0.15) is 30.4 Å². The normalized spacial score (nSPS) is 31.4. The van der Waals surface area contributed by atoms with Crippen molar-refractivity contribution in [3.63, 3.8) is 0 Å². The molecule has 2 bridgehead atoms. The first kappa shape index (κ1) is 22.4. The van der Waals surface area contributed by atoms with Crippen LogP contribution in [0.25, 0.3) is 0 Å². The number of carbonyl (C=O) groups is 1. The van der Waals surface area contributed by atoms with E-state index in [1.165, 1.54) is 18.2 Å². The smallest absolute Gasteiger partial charge is 0.416 e. The average molecular weight is 462 g/mol. The molecular weight excluding hydrogens is 435 g/mol. The zero-order chi connectivity index (χ0) is 23.8. The minimum atomic E-state index is -4.61.